The van der Waals surface area contributed by atoms with Crippen molar-refractivity contribution in [1.29, 1.82) is 0 Å². The third kappa shape index (κ3) is 2.10. The van der Waals surface area contributed by atoms with E-state index >= 15 is 0 Å². The van der Waals surface area contributed by atoms with Crippen molar-refractivity contribution in [3.05, 3.63) is 0 Å². The maximum atomic E-state index is 13.3. The molecule has 4 aliphatic carbocycles. The highest BCUT2D eigenvalue weighted by Gasteiger charge is 2.96. The van der Waals surface area contributed by atoms with Crippen LogP contribution in [0.1, 0.15) is 60.8 Å². The Labute approximate surface area is 162 Å². The molecule has 162 valence electrons. The molecular weight excluding hydrogens is 382 g/mol. The largest absolute Gasteiger partial charge is 0.426 e. The standard InChI is InChI=1S/C21H30F6O/c1-15(2,3)9-17(6)14-13-12(16(13,4)5)11-7-10(19(11,14)17)8-18(28,20(22,23)24)21(25,26)27/h10-14,28H,7-9H2,1-6H3. The van der Waals surface area contributed by atoms with Gasteiger partial charge in [-0.15, -0.1) is 0 Å². The van der Waals surface area contributed by atoms with Crippen LogP contribution in [0.3, 0.4) is 0 Å². The van der Waals surface area contributed by atoms with Crippen LogP contribution in [-0.4, -0.2) is 23.1 Å². The van der Waals surface area contributed by atoms with Gasteiger partial charge in [0.25, 0.3) is 5.60 Å². The molecule has 0 bridgehead atoms. The molecular formula is C21H30F6O. The smallest absolute Gasteiger partial charge is 0.374 e. The first kappa shape index (κ1) is 20.8. The Morgan fingerprint density at radius 3 is 1.82 bits per heavy atom. The molecule has 0 radical (unpaired) electrons. The number of hydrogen-bond acceptors (Lipinski definition) is 1. The van der Waals surface area contributed by atoms with Crippen molar-refractivity contribution in [2.45, 2.75) is 78.8 Å². The highest BCUT2D eigenvalue weighted by atomic mass is 19.4. The second-order valence-electron chi connectivity index (χ2n) is 12.0. The highest BCUT2D eigenvalue weighted by Crippen LogP contribution is 3.00. The van der Waals surface area contributed by atoms with Crippen LogP contribution in [0.4, 0.5) is 26.3 Å². The van der Waals surface area contributed by atoms with Crippen LogP contribution in [0.5, 0.6) is 0 Å². The minimum atomic E-state index is -5.72. The summed E-state index contributed by atoms with van der Waals surface area (Å²) in [6.45, 7) is 12.6. The maximum absolute atomic E-state index is 13.3. The van der Waals surface area contributed by atoms with Gasteiger partial charge in [-0.3, -0.25) is 0 Å². The summed E-state index contributed by atoms with van der Waals surface area (Å²) in [6, 6.07) is 0. The summed E-state index contributed by atoms with van der Waals surface area (Å²) >= 11 is 0. The molecule has 1 N–H and O–H groups in total. The van der Waals surface area contributed by atoms with Crippen LogP contribution in [0, 0.1) is 51.2 Å². The number of fused-ring (bicyclic) bond motifs is 3. The Bertz CT molecular complexity index is 687. The zero-order valence-corrected chi connectivity index (χ0v) is 17.2. The quantitative estimate of drug-likeness (QED) is 0.546. The fourth-order valence-corrected chi connectivity index (χ4v) is 8.62. The molecule has 1 nitrogen and oxygen atoms in total. The fraction of sp³-hybridized carbons (Fsp3) is 1.00. The van der Waals surface area contributed by atoms with Crippen molar-refractivity contribution in [3.8, 4) is 0 Å². The minimum Gasteiger partial charge on any atom is -0.374 e. The van der Waals surface area contributed by atoms with E-state index < -0.39 is 35.7 Å². The van der Waals surface area contributed by atoms with Gasteiger partial charge in [0.15, 0.2) is 0 Å². The zero-order chi connectivity index (χ0) is 21.5. The van der Waals surface area contributed by atoms with Gasteiger partial charge in [0, 0.05) is 0 Å². The monoisotopic (exact) mass is 412 g/mol. The van der Waals surface area contributed by atoms with E-state index in [4.69, 9.17) is 0 Å². The summed E-state index contributed by atoms with van der Waals surface area (Å²) in [5.74, 6) is 0.437. The Balaban J connectivity index is 1.68. The van der Waals surface area contributed by atoms with Crippen LogP contribution in [0.2, 0.25) is 0 Å². The fourth-order valence-electron chi connectivity index (χ4n) is 8.62. The topological polar surface area (TPSA) is 20.2 Å². The molecule has 7 heteroatoms. The van der Waals surface area contributed by atoms with Crippen molar-refractivity contribution in [3.63, 3.8) is 0 Å². The van der Waals surface area contributed by atoms with Crippen LogP contribution in [0.25, 0.3) is 0 Å². The lowest BCUT2D eigenvalue weighted by molar-refractivity contribution is -0.376. The molecule has 0 aromatic rings. The summed E-state index contributed by atoms with van der Waals surface area (Å²) in [6.07, 6.45) is -11.5. The minimum absolute atomic E-state index is 0.0581. The third-order valence-electron chi connectivity index (χ3n) is 9.10. The van der Waals surface area contributed by atoms with Gasteiger partial charge in [0.05, 0.1) is 0 Å². The summed E-state index contributed by atoms with van der Waals surface area (Å²) in [7, 11) is 0. The Morgan fingerprint density at radius 2 is 1.39 bits per heavy atom. The van der Waals surface area contributed by atoms with E-state index in [1.807, 2.05) is 0 Å². The predicted molar refractivity (Wildman–Crippen MR) is 92.1 cm³/mol. The molecule has 4 aliphatic rings. The molecule has 0 aliphatic heterocycles. The lowest BCUT2D eigenvalue weighted by Crippen LogP contribution is -2.60. The number of hydrogen-bond donors (Lipinski definition) is 1. The first-order valence-corrected chi connectivity index (χ1v) is 10.1. The second-order valence-corrected chi connectivity index (χ2v) is 12.0. The van der Waals surface area contributed by atoms with Gasteiger partial charge in [-0.05, 0) is 70.5 Å². The normalized spacial score (nSPS) is 46.4. The van der Waals surface area contributed by atoms with Crippen LogP contribution < -0.4 is 0 Å². The molecule has 4 rings (SSSR count). The average molecular weight is 412 g/mol. The van der Waals surface area contributed by atoms with E-state index in [1.165, 1.54) is 0 Å². The van der Waals surface area contributed by atoms with Gasteiger partial charge in [-0.25, -0.2) is 0 Å². The van der Waals surface area contributed by atoms with E-state index in [1.54, 1.807) is 0 Å². The average Bonchev–Trinajstić information content (AvgIpc) is 3.09. The Hall–Kier alpha value is -0.460. The lowest BCUT2D eigenvalue weighted by Gasteiger charge is -2.52. The molecule has 7 unspecified atom stereocenters. The molecule has 0 amide bonds. The number of rotatable bonds is 3. The number of alkyl halides is 6. The Kier molecular flexibility index (Phi) is 3.63. The summed E-state index contributed by atoms with van der Waals surface area (Å²) in [4.78, 5) is 0. The van der Waals surface area contributed by atoms with Gasteiger partial charge in [0.1, 0.15) is 0 Å². The first-order chi connectivity index (χ1) is 12.3. The van der Waals surface area contributed by atoms with Gasteiger partial charge in [-0.2, -0.15) is 26.3 Å². The summed E-state index contributed by atoms with van der Waals surface area (Å²) in [5, 5.41) is 9.81. The molecule has 0 saturated heterocycles. The lowest BCUT2D eigenvalue weighted by atomic mass is 9.53. The molecule has 0 aromatic carbocycles. The number of halogens is 6. The second kappa shape index (κ2) is 4.88. The van der Waals surface area contributed by atoms with Crippen molar-refractivity contribution in [2.75, 3.05) is 0 Å². The predicted octanol–water partition coefficient (Wildman–Crippen LogP) is 6.21. The highest BCUT2D eigenvalue weighted by molar-refractivity contribution is 5.43. The SMILES string of the molecule is CC(C)(C)CC1(C)C2C3C(C4CC(CC(O)(C(F)(F)F)C(F)(F)F)C421)C3(C)C. The van der Waals surface area contributed by atoms with Crippen LogP contribution in [-0.2, 0) is 0 Å². The van der Waals surface area contributed by atoms with E-state index in [9.17, 15) is 31.4 Å². The molecule has 1 spiro atoms. The van der Waals surface area contributed by atoms with Crippen LogP contribution >= 0.6 is 0 Å². The molecule has 0 heterocycles. The number of aliphatic hydroxyl groups is 1. The van der Waals surface area contributed by atoms with E-state index in [0.29, 0.717) is 18.3 Å². The van der Waals surface area contributed by atoms with Gasteiger partial charge in [-0.1, -0.05) is 41.5 Å². The van der Waals surface area contributed by atoms with Crippen molar-refractivity contribution < 1.29 is 31.4 Å². The molecule has 4 saturated carbocycles. The summed E-state index contributed by atoms with van der Waals surface area (Å²) < 4.78 is 79.8. The molecule has 0 aromatic heterocycles. The van der Waals surface area contributed by atoms with Crippen molar-refractivity contribution >= 4 is 0 Å². The molecule has 4 fully saturated rings. The Morgan fingerprint density at radius 1 is 0.893 bits per heavy atom. The molecule has 28 heavy (non-hydrogen) atoms. The maximum Gasteiger partial charge on any atom is 0.426 e. The van der Waals surface area contributed by atoms with E-state index in [2.05, 4.69) is 41.5 Å². The summed E-state index contributed by atoms with van der Waals surface area (Å²) in [5.41, 5.74) is -5.26. The third-order valence-corrected chi connectivity index (χ3v) is 9.10. The van der Waals surface area contributed by atoms with Crippen molar-refractivity contribution in [1.82, 2.24) is 0 Å². The van der Waals surface area contributed by atoms with E-state index in [0.717, 1.165) is 6.42 Å². The van der Waals surface area contributed by atoms with Gasteiger partial charge >= 0.3 is 12.4 Å². The van der Waals surface area contributed by atoms with Crippen molar-refractivity contribution in [2.24, 2.45) is 51.2 Å². The molecule has 7 atom stereocenters. The van der Waals surface area contributed by atoms with E-state index in [-0.39, 0.29) is 28.1 Å². The van der Waals surface area contributed by atoms with Gasteiger partial charge in [0.2, 0.25) is 0 Å². The first-order valence-electron chi connectivity index (χ1n) is 10.1. The van der Waals surface area contributed by atoms with Gasteiger partial charge < -0.3 is 5.11 Å². The van der Waals surface area contributed by atoms with Crippen LogP contribution in [0.15, 0.2) is 0 Å². The zero-order valence-electron chi connectivity index (χ0n) is 17.2.